The van der Waals surface area contributed by atoms with Crippen LogP contribution in [0, 0.1) is 0 Å². The Balaban J connectivity index is 3.90. The van der Waals surface area contributed by atoms with Crippen molar-refractivity contribution in [3.8, 4) is 0 Å². The lowest BCUT2D eigenvalue weighted by molar-refractivity contribution is -0.161. The second kappa shape index (κ2) is 44.6. The molecule has 0 bridgehead atoms. The number of hydrogen-bond donors (Lipinski definition) is 2. The van der Waals surface area contributed by atoms with E-state index in [1.54, 1.807) is 0 Å². The van der Waals surface area contributed by atoms with E-state index < -0.39 is 32.5 Å². The Morgan fingerprint density at radius 3 is 1.29 bits per heavy atom. The molecule has 9 heteroatoms. The summed E-state index contributed by atoms with van der Waals surface area (Å²) in [5.74, 6) is -0.939. The molecule has 0 saturated carbocycles. The van der Waals surface area contributed by atoms with E-state index >= 15 is 0 Å². The van der Waals surface area contributed by atoms with Gasteiger partial charge in [0.2, 0.25) is 0 Å². The van der Waals surface area contributed by atoms with E-state index in [-0.39, 0.29) is 19.4 Å². The highest BCUT2D eigenvalue weighted by Gasteiger charge is 2.22. The van der Waals surface area contributed by atoms with E-state index in [0.717, 1.165) is 57.8 Å². The van der Waals surface area contributed by atoms with Gasteiger partial charge in [-0.25, -0.2) is 4.57 Å². The molecule has 0 aromatic carbocycles. The van der Waals surface area contributed by atoms with Gasteiger partial charge in [0.25, 0.3) is 0 Å². The smallest absolute Gasteiger partial charge is 0.462 e. The monoisotopic (exact) mass is 837 g/mol. The topological polar surface area (TPSA) is 119 Å². The molecule has 0 heterocycles. The van der Waals surface area contributed by atoms with Gasteiger partial charge in [-0.15, -0.1) is 0 Å². The fourth-order valence-electron chi connectivity index (χ4n) is 6.72. The highest BCUT2D eigenvalue weighted by Crippen LogP contribution is 2.36. The zero-order valence-corrected chi connectivity index (χ0v) is 38.3. The van der Waals surface area contributed by atoms with Crippen molar-refractivity contribution in [1.29, 1.82) is 0 Å². The van der Waals surface area contributed by atoms with Crippen molar-refractivity contribution in [3.05, 3.63) is 48.6 Å². The van der Waals surface area contributed by atoms with Gasteiger partial charge in [-0.3, -0.25) is 14.1 Å². The predicted molar refractivity (Wildman–Crippen MR) is 244 cm³/mol. The van der Waals surface area contributed by atoms with Crippen LogP contribution in [0.2, 0.25) is 0 Å². The Morgan fingerprint density at radius 1 is 0.448 bits per heavy atom. The van der Waals surface area contributed by atoms with Crippen LogP contribution in [-0.4, -0.2) is 41.0 Å². The predicted octanol–water partition coefficient (Wildman–Crippen LogP) is 15.1. The fourth-order valence-corrected chi connectivity index (χ4v) is 7.08. The number of unbranched alkanes of at least 4 members (excludes halogenated alkanes) is 26. The molecular formula is C49H89O8P. The molecule has 0 amide bonds. The molecule has 0 saturated heterocycles. The number of esters is 2. The molecule has 0 fully saturated rings. The summed E-state index contributed by atoms with van der Waals surface area (Å²) in [6.07, 6.45) is 55.6. The van der Waals surface area contributed by atoms with Gasteiger partial charge >= 0.3 is 19.8 Å². The maximum Gasteiger partial charge on any atom is 0.469 e. The lowest BCUT2D eigenvalue weighted by Crippen LogP contribution is -2.29. The van der Waals surface area contributed by atoms with Gasteiger partial charge in [0.1, 0.15) is 6.61 Å². The van der Waals surface area contributed by atoms with Crippen LogP contribution in [-0.2, 0) is 28.2 Å². The number of carbonyl (C=O) groups is 2. The van der Waals surface area contributed by atoms with E-state index in [4.69, 9.17) is 19.3 Å². The minimum absolute atomic E-state index is 0.194. The first-order valence-electron chi connectivity index (χ1n) is 23.9. The van der Waals surface area contributed by atoms with Crippen molar-refractivity contribution in [2.24, 2.45) is 0 Å². The SMILES string of the molecule is CCCCC/C=C/C/C=C/CCCCCCCCCC(=O)O[C@H](COC(=O)CCC/C=C/CC/C=C/CCCCCCCCCCCCCCCC)COP(=O)(O)O. The summed E-state index contributed by atoms with van der Waals surface area (Å²) in [5, 5.41) is 0. The summed E-state index contributed by atoms with van der Waals surface area (Å²) in [7, 11) is -4.77. The number of carbonyl (C=O) groups excluding carboxylic acids is 2. The largest absolute Gasteiger partial charge is 0.469 e. The van der Waals surface area contributed by atoms with Crippen molar-refractivity contribution < 1.29 is 37.9 Å². The van der Waals surface area contributed by atoms with Crippen molar-refractivity contribution >= 4 is 19.8 Å². The summed E-state index contributed by atoms with van der Waals surface area (Å²) < 4.78 is 26.4. The van der Waals surface area contributed by atoms with Crippen LogP contribution in [0.1, 0.15) is 232 Å². The lowest BCUT2D eigenvalue weighted by atomic mass is 10.0. The first kappa shape index (κ1) is 56.0. The number of ether oxygens (including phenoxy) is 2. The van der Waals surface area contributed by atoms with Gasteiger partial charge in [-0.1, -0.05) is 191 Å². The average molecular weight is 837 g/mol. The van der Waals surface area contributed by atoms with Gasteiger partial charge < -0.3 is 19.3 Å². The standard InChI is InChI=1S/C49H89O8P/c1-3-5-7-9-11-13-15-17-19-21-22-23-24-25-26-28-29-31-33-35-37-39-41-43-48(50)55-45-47(46-56-58(52,53)54)57-49(51)44-42-40-38-36-34-32-30-27-20-18-16-14-12-10-8-6-4-2/h12,14,18,20,28-29,35,37,47H,3-11,13,15-17,19,21-27,30-34,36,38-46H2,1-2H3,(H2,52,53,54)/b14-12+,20-18+,29-28+,37-35+/t47-/m1/s1. The molecule has 0 rings (SSSR count). The van der Waals surface area contributed by atoms with E-state index in [2.05, 4.69) is 67.0 Å². The van der Waals surface area contributed by atoms with Crippen molar-refractivity contribution in [2.75, 3.05) is 13.2 Å². The molecule has 0 aromatic rings. The third-order valence-corrected chi connectivity index (χ3v) is 10.8. The summed E-state index contributed by atoms with van der Waals surface area (Å²) in [5.41, 5.74) is 0. The summed E-state index contributed by atoms with van der Waals surface area (Å²) >= 11 is 0. The number of phosphoric acid groups is 1. The van der Waals surface area contributed by atoms with Crippen molar-refractivity contribution in [2.45, 2.75) is 238 Å². The second-order valence-corrected chi connectivity index (χ2v) is 17.3. The molecule has 1 atom stereocenters. The first-order chi connectivity index (χ1) is 28.3. The molecular weight excluding hydrogens is 748 g/mol. The van der Waals surface area contributed by atoms with Crippen LogP contribution in [0.5, 0.6) is 0 Å². The Kier molecular flexibility index (Phi) is 43.0. The molecule has 58 heavy (non-hydrogen) atoms. The molecule has 0 aromatic heterocycles. The fraction of sp³-hybridized carbons (Fsp3) is 0.796. The van der Waals surface area contributed by atoms with Crippen molar-refractivity contribution in [1.82, 2.24) is 0 Å². The molecule has 0 aliphatic heterocycles. The highest BCUT2D eigenvalue weighted by molar-refractivity contribution is 7.46. The third-order valence-electron chi connectivity index (χ3n) is 10.3. The van der Waals surface area contributed by atoms with Gasteiger partial charge in [0.05, 0.1) is 6.61 Å². The molecule has 0 aliphatic carbocycles. The van der Waals surface area contributed by atoms with Crippen LogP contribution >= 0.6 is 7.82 Å². The van der Waals surface area contributed by atoms with Crippen molar-refractivity contribution in [3.63, 3.8) is 0 Å². The minimum atomic E-state index is -4.77. The van der Waals surface area contributed by atoms with Crippen LogP contribution in [0.25, 0.3) is 0 Å². The quantitative estimate of drug-likeness (QED) is 0.0269. The zero-order chi connectivity index (χ0) is 42.5. The number of phosphoric ester groups is 1. The number of hydrogen-bond acceptors (Lipinski definition) is 6. The molecule has 338 valence electrons. The Morgan fingerprint density at radius 2 is 0.810 bits per heavy atom. The van der Waals surface area contributed by atoms with Gasteiger partial charge in [-0.2, -0.15) is 0 Å². The molecule has 0 unspecified atom stereocenters. The zero-order valence-electron chi connectivity index (χ0n) is 37.4. The number of rotatable bonds is 44. The maximum absolute atomic E-state index is 12.4. The Labute approximate surface area is 356 Å². The van der Waals surface area contributed by atoms with E-state index in [1.807, 2.05) is 0 Å². The maximum atomic E-state index is 12.4. The third kappa shape index (κ3) is 46.7. The van der Waals surface area contributed by atoms with Crippen LogP contribution in [0.4, 0.5) is 0 Å². The van der Waals surface area contributed by atoms with Gasteiger partial charge in [0.15, 0.2) is 6.10 Å². The minimum Gasteiger partial charge on any atom is -0.462 e. The summed E-state index contributed by atoms with van der Waals surface area (Å²) in [4.78, 5) is 43.0. The normalized spacial score (nSPS) is 12.8. The van der Waals surface area contributed by atoms with Crippen LogP contribution in [0.3, 0.4) is 0 Å². The Bertz CT molecular complexity index is 1080. The van der Waals surface area contributed by atoms with Crippen LogP contribution in [0.15, 0.2) is 48.6 Å². The summed E-state index contributed by atoms with van der Waals surface area (Å²) in [6.45, 7) is 3.65. The molecule has 0 spiro atoms. The average Bonchev–Trinajstić information content (AvgIpc) is 3.20. The molecule has 0 aliphatic rings. The van der Waals surface area contributed by atoms with E-state index in [1.165, 1.54) is 135 Å². The Hall–Kier alpha value is -1.99. The molecule has 0 radical (unpaired) electrons. The van der Waals surface area contributed by atoms with E-state index in [9.17, 15) is 14.2 Å². The van der Waals surface area contributed by atoms with Gasteiger partial charge in [0, 0.05) is 12.8 Å². The lowest BCUT2D eigenvalue weighted by Gasteiger charge is -2.18. The van der Waals surface area contributed by atoms with Crippen LogP contribution < -0.4 is 0 Å². The van der Waals surface area contributed by atoms with E-state index in [0.29, 0.717) is 12.8 Å². The van der Waals surface area contributed by atoms with Gasteiger partial charge in [-0.05, 0) is 77.0 Å². The first-order valence-corrected chi connectivity index (χ1v) is 25.5. The molecule has 8 nitrogen and oxygen atoms in total. The highest BCUT2D eigenvalue weighted by atomic mass is 31.2. The molecule has 2 N–H and O–H groups in total. The second-order valence-electron chi connectivity index (χ2n) is 16.1. The number of allylic oxidation sites excluding steroid dienone is 8. The summed E-state index contributed by atoms with van der Waals surface area (Å²) in [6, 6.07) is 0.